The van der Waals surface area contributed by atoms with E-state index in [1.54, 1.807) is 25.3 Å². The van der Waals surface area contributed by atoms with Crippen LogP contribution in [-0.4, -0.2) is 42.7 Å². The van der Waals surface area contributed by atoms with Gasteiger partial charge in [0.15, 0.2) is 0 Å². The van der Waals surface area contributed by atoms with Crippen molar-refractivity contribution in [2.24, 2.45) is 5.92 Å². The summed E-state index contributed by atoms with van der Waals surface area (Å²) in [6.45, 7) is 2.28. The van der Waals surface area contributed by atoms with Gasteiger partial charge in [-0.1, -0.05) is 18.2 Å². The van der Waals surface area contributed by atoms with Gasteiger partial charge in [0.2, 0.25) is 5.91 Å². The summed E-state index contributed by atoms with van der Waals surface area (Å²) in [7, 11) is 1.70. The number of benzene rings is 1. The first-order valence-electron chi connectivity index (χ1n) is 6.74. The maximum absolute atomic E-state index is 12.2. The molecule has 1 N–H and O–H groups in total. The fraction of sp³-hybridized carbons (Fsp3) is 0.533. The number of hydrogen-bond acceptors (Lipinski definition) is 3. The minimum absolute atomic E-state index is 0.0855. The zero-order chi connectivity index (χ0) is 13.7. The maximum atomic E-state index is 12.2. The van der Waals surface area contributed by atoms with Gasteiger partial charge in [-0.3, -0.25) is 4.79 Å². The summed E-state index contributed by atoms with van der Waals surface area (Å²) < 4.78 is 5.17. The molecule has 1 fully saturated rings. The van der Waals surface area contributed by atoms with Gasteiger partial charge in [-0.05, 0) is 24.8 Å². The normalized spacial score (nSPS) is 19.4. The van der Waals surface area contributed by atoms with Crippen LogP contribution in [0.5, 0.6) is 5.75 Å². The first kappa shape index (κ1) is 13.9. The Morgan fingerprint density at radius 1 is 1.47 bits per heavy atom. The van der Waals surface area contributed by atoms with Gasteiger partial charge in [0.25, 0.3) is 0 Å². The first-order valence-corrected chi connectivity index (χ1v) is 6.74. The van der Waals surface area contributed by atoms with Crippen molar-refractivity contribution in [1.82, 2.24) is 4.90 Å². The number of phenols is 1. The highest BCUT2D eigenvalue weighted by Crippen LogP contribution is 2.20. The number of methoxy groups -OCH3 is 1. The summed E-state index contributed by atoms with van der Waals surface area (Å²) >= 11 is 0. The number of carbonyl (C=O) groups is 1. The standard InChI is InChI=1S/C15H21NO3/c1-19-11-12-5-4-8-16(10-12)15(18)9-13-6-2-3-7-14(13)17/h2-3,6-7,12,17H,4-5,8-11H2,1H3/t12-/m1/s1. The number of likely N-dealkylation sites (tertiary alicyclic amines) is 1. The molecule has 1 aliphatic heterocycles. The van der Waals surface area contributed by atoms with E-state index in [9.17, 15) is 9.90 Å². The molecule has 0 radical (unpaired) electrons. The molecule has 1 saturated heterocycles. The van der Waals surface area contributed by atoms with Crippen LogP contribution in [0.15, 0.2) is 24.3 Å². The van der Waals surface area contributed by atoms with Gasteiger partial charge in [-0.15, -0.1) is 0 Å². The molecule has 1 aliphatic rings. The fourth-order valence-corrected chi connectivity index (χ4v) is 2.60. The smallest absolute Gasteiger partial charge is 0.227 e. The second-order valence-electron chi connectivity index (χ2n) is 5.11. The molecule has 0 aromatic heterocycles. The van der Waals surface area contributed by atoms with Gasteiger partial charge >= 0.3 is 0 Å². The lowest BCUT2D eigenvalue weighted by Crippen LogP contribution is -2.41. The molecule has 4 nitrogen and oxygen atoms in total. The van der Waals surface area contributed by atoms with Crippen molar-refractivity contribution in [3.63, 3.8) is 0 Å². The molecular formula is C15H21NO3. The first-order chi connectivity index (χ1) is 9.20. The molecule has 1 aromatic rings. The van der Waals surface area contributed by atoms with Crippen molar-refractivity contribution in [3.8, 4) is 5.75 Å². The molecule has 0 saturated carbocycles. The van der Waals surface area contributed by atoms with E-state index in [1.807, 2.05) is 11.0 Å². The van der Waals surface area contributed by atoms with Crippen LogP contribution in [0.1, 0.15) is 18.4 Å². The van der Waals surface area contributed by atoms with E-state index in [0.717, 1.165) is 25.9 Å². The second kappa shape index (κ2) is 6.57. The number of nitrogens with zero attached hydrogens (tertiary/aromatic N) is 1. The molecule has 0 spiro atoms. The number of piperidine rings is 1. The Morgan fingerprint density at radius 3 is 3.00 bits per heavy atom. The van der Waals surface area contributed by atoms with Crippen molar-refractivity contribution in [2.45, 2.75) is 19.3 Å². The summed E-state index contributed by atoms with van der Waals surface area (Å²) in [6, 6.07) is 7.02. The molecule has 0 unspecified atom stereocenters. The molecule has 0 aliphatic carbocycles. The Bertz CT molecular complexity index is 431. The fourth-order valence-electron chi connectivity index (χ4n) is 2.60. The van der Waals surface area contributed by atoms with E-state index >= 15 is 0 Å². The maximum Gasteiger partial charge on any atom is 0.227 e. The number of phenolic OH excluding ortho intramolecular Hbond substituents is 1. The van der Waals surface area contributed by atoms with Crippen LogP contribution in [0, 0.1) is 5.92 Å². The van der Waals surface area contributed by atoms with Gasteiger partial charge in [0, 0.05) is 25.8 Å². The number of rotatable bonds is 4. The minimum atomic E-state index is 0.0855. The third kappa shape index (κ3) is 3.70. The van der Waals surface area contributed by atoms with Crippen molar-refractivity contribution in [2.75, 3.05) is 26.8 Å². The van der Waals surface area contributed by atoms with Crippen molar-refractivity contribution in [1.29, 1.82) is 0 Å². The lowest BCUT2D eigenvalue weighted by molar-refractivity contribution is -0.132. The Morgan fingerprint density at radius 2 is 2.26 bits per heavy atom. The van der Waals surface area contributed by atoms with Crippen LogP contribution >= 0.6 is 0 Å². The van der Waals surface area contributed by atoms with Crippen LogP contribution < -0.4 is 0 Å². The van der Waals surface area contributed by atoms with E-state index in [2.05, 4.69) is 0 Å². The Labute approximate surface area is 114 Å². The van der Waals surface area contributed by atoms with E-state index in [-0.39, 0.29) is 18.1 Å². The quantitative estimate of drug-likeness (QED) is 0.901. The third-order valence-corrected chi connectivity index (χ3v) is 3.61. The minimum Gasteiger partial charge on any atom is -0.508 e. The van der Waals surface area contributed by atoms with Crippen molar-refractivity contribution < 1.29 is 14.6 Å². The lowest BCUT2D eigenvalue weighted by Gasteiger charge is -2.32. The van der Waals surface area contributed by atoms with Crippen LogP contribution in [0.4, 0.5) is 0 Å². The highest BCUT2D eigenvalue weighted by atomic mass is 16.5. The average molecular weight is 263 g/mol. The third-order valence-electron chi connectivity index (χ3n) is 3.61. The van der Waals surface area contributed by atoms with Crippen LogP contribution in [-0.2, 0) is 16.0 Å². The van der Waals surface area contributed by atoms with Gasteiger partial charge in [-0.2, -0.15) is 0 Å². The number of aromatic hydroxyl groups is 1. The highest BCUT2D eigenvalue weighted by Gasteiger charge is 2.23. The van der Waals surface area contributed by atoms with E-state index < -0.39 is 0 Å². The summed E-state index contributed by atoms with van der Waals surface area (Å²) in [5, 5.41) is 9.70. The van der Waals surface area contributed by atoms with Gasteiger partial charge in [-0.25, -0.2) is 0 Å². The molecule has 1 heterocycles. The SMILES string of the molecule is COC[C@@H]1CCCN(C(=O)Cc2ccccc2O)C1. The molecule has 0 bridgehead atoms. The molecule has 4 heteroatoms. The molecule has 1 amide bonds. The molecule has 1 aromatic carbocycles. The van der Waals surface area contributed by atoms with Gasteiger partial charge in [0.1, 0.15) is 5.75 Å². The molecular weight excluding hydrogens is 242 g/mol. The number of carbonyl (C=O) groups excluding carboxylic acids is 1. The monoisotopic (exact) mass is 263 g/mol. The zero-order valence-corrected chi connectivity index (χ0v) is 11.3. The average Bonchev–Trinajstić information content (AvgIpc) is 2.42. The highest BCUT2D eigenvalue weighted by molar-refractivity contribution is 5.79. The summed E-state index contributed by atoms with van der Waals surface area (Å²) in [4.78, 5) is 14.1. The lowest BCUT2D eigenvalue weighted by atomic mass is 9.98. The molecule has 104 valence electrons. The summed E-state index contributed by atoms with van der Waals surface area (Å²) in [5.41, 5.74) is 0.696. The van der Waals surface area contributed by atoms with Gasteiger partial charge in [0.05, 0.1) is 13.0 Å². The van der Waals surface area contributed by atoms with Crippen LogP contribution in [0.3, 0.4) is 0 Å². The number of ether oxygens (including phenoxy) is 1. The topological polar surface area (TPSA) is 49.8 Å². The second-order valence-corrected chi connectivity index (χ2v) is 5.11. The van der Waals surface area contributed by atoms with E-state index in [0.29, 0.717) is 18.1 Å². The Hall–Kier alpha value is -1.55. The number of hydrogen-bond donors (Lipinski definition) is 1. The zero-order valence-electron chi connectivity index (χ0n) is 11.3. The number of amides is 1. The number of para-hydroxylation sites is 1. The predicted molar refractivity (Wildman–Crippen MR) is 73.0 cm³/mol. The largest absolute Gasteiger partial charge is 0.508 e. The Balaban J connectivity index is 1.94. The summed E-state index contributed by atoms with van der Waals surface area (Å²) in [5.74, 6) is 0.718. The van der Waals surface area contributed by atoms with Gasteiger partial charge < -0.3 is 14.7 Å². The van der Waals surface area contributed by atoms with Crippen molar-refractivity contribution >= 4 is 5.91 Å². The predicted octanol–water partition coefficient (Wildman–Crippen LogP) is 1.82. The molecule has 19 heavy (non-hydrogen) atoms. The van der Waals surface area contributed by atoms with Crippen molar-refractivity contribution in [3.05, 3.63) is 29.8 Å². The van der Waals surface area contributed by atoms with E-state index in [4.69, 9.17) is 4.74 Å². The van der Waals surface area contributed by atoms with E-state index in [1.165, 1.54) is 0 Å². The molecule has 2 rings (SSSR count). The van der Waals surface area contributed by atoms with Crippen LogP contribution in [0.25, 0.3) is 0 Å². The molecule has 1 atom stereocenters. The Kier molecular flexibility index (Phi) is 4.80. The summed E-state index contributed by atoms with van der Waals surface area (Å²) in [6.07, 6.45) is 2.42. The van der Waals surface area contributed by atoms with Crippen LogP contribution in [0.2, 0.25) is 0 Å².